The average molecular weight is 452 g/mol. The Bertz CT molecular complexity index is 170. The second-order valence-corrected chi connectivity index (χ2v) is 1.72. The van der Waals surface area contributed by atoms with E-state index in [1.807, 2.05) is 0 Å². The molecular weight excluding hydrogens is 449 g/mol. The van der Waals surface area contributed by atoms with Gasteiger partial charge in [-0.1, -0.05) is 0 Å². The van der Waals surface area contributed by atoms with Gasteiger partial charge in [0.2, 0.25) is 0 Å². The minimum atomic E-state index is -5.17. The maximum absolute atomic E-state index is 8.89. The molecule has 0 heterocycles. The fourth-order valence-electron chi connectivity index (χ4n) is 0. The van der Waals surface area contributed by atoms with E-state index >= 15 is 0 Å². The zero-order valence-electron chi connectivity index (χ0n) is 7.56. The van der Waals surface area contributed by atoms with Gasteiger partial charge in [-0.25, -0.2) is 0 Å². The summed E-state index contributed by atoms with van der Waals surface area (Å²) in [6.07, 6.45) is 0. The molecule has 0 saturated heterocycles. The molecule has 6 nitrogen and oxygen atoms in total. The Morgan fingerprint density at radius 1 is 1.00 bits per heavy atom. The molecule has 0 atom stereocenters. The van der Waals surface area contributed by atoms with Gasteiger partial charge in [0, 0.05) is 16.4 Å². The fraction of sp³-hybridized carbons (Fsp3) is 0.500. The van der Waals surface area contributed by atoms with E-state index in [9.17, 15) is 0 Å². The van der Waals surface area contributed by atoms with Crippen LogP contribution in [-0.4, -0.2) is 23.5 Å². The monoisotopic (exact) mass is 446 g/mol. The summed E-state index contributed by atoms with van der Waals surface area (Å²) < 4.78 is 34.1. The normalized spacial score (nSPS) is 5.93. The predicted molar refractivity (Wildman–Crippen MR) is 21.2 cm³/mol. The van der Waals surface area contributed by atoms with Gasteiger partial charge in [0.15, 0.2) is 0 Å². The average Bonchev–Trinajstić information content (AvgIpc) is 1.19. The van der Waals surface area contributed by atoms with Crippen LogP contribution in [0.25, 0.3) is 0 Å². The van der Waals surface area contributed by atoms with Gasteiger partial charge >= 0.3 is 77.9 Å². The van der Waals surface area contributed by atoms with E-state index in [1.54, 1.807) is 0 Å². The first-order valence-electron chi connectivity index (χ1n) is 1.57. The summed E-state index contributed by atoms with van der Waals surface area (Å²) in [5.41, 5.74) is 0. The van der Waals surface area contributed by atoms with Crippen molar-refractivity contribution in [3.05, 3.63) is 0 Å². The molecule has 0 bridgehead atoms. The molecule has 0 aliphatic heterocycles. The van der Waals surface area contributed by atoms with Crippen LogP contribution in [0.3, 0.4) is 0 Å². The minimum absolute atomic E-state index is 0. The number of halogens is 1. The number of hydrogen-bond acceptors (Lipinski definition) is 6. The molecule has 0 aromatic rings. The van der Waals surface area contributed by atoms with Crippen molar-refractivity contribution in [2.75, 3.05) is 0 Å². The van der Waals surface area contributed by atoms with E-state index in [0.717, 1.165) is 6.92 Å². The predicted octanol–water partition coefficient (Wildman–Crippen LogP) is -5.59. The van der Waals surface area contributed by atoms with Crippen molar-refractivity contribution in [3.63, 3.8) is 0 Å². The molecule has 0 aromatic carbocycles. The van der Waals surface area contributed by atoms with Crippen molar-refractivity contribution >= 4 is 16.4 Å². The molecule has 14 heavy (non-hydrogen) atoms. The van der Waals surface area contributed by atoms with Gasteiger partial charge in [-0.05, 0) is 6.92 Å². The molecule has 64 valence electrons. The van der Waals surface area contributed by atoms with Crippen LogP contribution in [0.15, 0.2) is 0 Å². The first-order chi connectivity index (χ1) is 3.73. The summed E-state index contributed by atoms with van der Waals surface area (Å²) in [6.45, 7) is 0.972. The van der Waals surface area contributed by atoms with Crippen LogP contribution in [0.5, 0.6) is 0 Å². The summed E-state index contributed by atoms with van der Waals surface area (Å²) in [6, 6.07) is 0. The Hall–Kier alpha value is 2.12. The van der Waals surface area contributed by atoms with E-state index in [4.69, 9.17) is 27.4 Å². The number of rotatable bonds is 0. The van der Waals surface area contributed by atoms with Gasteiger partial charge in [-0.15, -0.1) is 0 Å². The van der Waals surface area contributed by atoms with Crippen molar-refractivity contribution in [2.24, 2.45) is 0 Å². The van der Waals surface area contributed by atoms with Crippen molar-refractivity contribution in [1.29, 1.82) is 0 Å². The fourth-order valence-corrected chi connectivity index (χ4v) is 0. The van der Waals surface area contributed by atoms with Gasteiger partial charge in [0.25, 0.3) is 0 Å². The zero-order valence-corrected chi connectivity index (χ0v) is 21.0. The van der Waals surface area contributed by atoms with Crippen LogP contribution >= 0.6 is 0 Å². The molecule has 0 unspecified atom stereocenters. The van der Waals surface area contributed by atoms with E-state index in [0.29, 0.717) is 0 Å². The molecule has 0 rings (SSSR count). The third kappa shape index (κ3) is 539. The van der Waals surface area contributed by atoms with E-state index in [1.165, 1.54) is 0 Å². The standard InChI is InChI=1S/C2H4O2.ClH.H2O4S.4Zn/c1-2(3)4;;1-5(2,3)4;;;;/h1H3,(H,3,4);1H;(H2,1,2,3,4);;;;/q;;;4*+2/p-4. The number of carbonyl (C=O) groups excluding carboxylic acids is 1. The molecule has 0 aliphatic carbocycles. The Morgan fingerprint density at radius 3 is 1.00 bits per heavy atom. The Labute approximate surface area is 139 Å². The van der Waals surface area contributed by atoms with Crippen LogP contribution in [0, 0.1) is 0 Å². The quantitative estimate of drug-likeness (QED) is 0.206. The molecule has 0 aliphatic rings. The van der Waals surface area contributed by atoms with Crippen LogP contribution < -0.4 is 17.5 Å². The number of carbonyl (C=O) groups is 1. The van der Waals surface area contributed by atoms with Crippen LogP contribution in [0.2, 0.25) is 0 Å². The number of hydrogen-bond donors (Lipinski definition) is 0. The molecule has 12 heteroatoms. The van der Waals surface area contributed by atoms with Crippen LogP contribution in [-0.2, 0) is 93.1 Å². The molecule has 0 spiro atoms. The smallest absolute Gasteiger partial charge is 1.00 e. The maximum atomic E-state index is 8.89. The Morgan fingerprint density at radius 2 is 1.00 bits per heavy atom. The summed E-state index contributed by atoms with van der Waals surface area (Å²) in [5.74, 6) is -1.08. The van der Waals surface area contributed by atoms with Gasteiger partial charge in [0.05, 0.1) is 0 Å². The minimum Gasteiger partial charge on any atom is -1.00 e. The summed E-state index contributed by atoms with van der Waals surface area (Å²) >= 11 is 0. The van der Waals surface area contributed by atoms with Crippen molar-refractivity contribution in [2.45, 2.75) is 6.92 Å². The first kappa shape index (κ1) is 44.3. The third-order valence-corrected chi connectivity index (χ3v) is 0. The first-order valence-corrected chi connectivity index (χ1v) is 2.91. The van der Waals surface area contributed by atoms with Gasteiger partial charge in [0.1, 0.15) is 0 Å². The summed E-state index contributed by atoms with van der Waals surface area (Å²) in [4.78, 5) is 8.89. The molecular formula is C2H3ClO6SZn4+4. The number of carboxylic acid groups (broad SMARTS) is 1. The maximum Gasteiger partial charge on any atom is 2.00 e. The molecule has 0 aromatic heterocycles. The second kappa shape index (κ2) is 24.4. The Balaban J connectivity index is -0.0000000104. The SMILES string of the molecule is CC(=O)[O-].O=S(=O)([O-])[O-].[Cl-].[Zn+2].[Zn+2].[Zn+2].[Zn+2]. The molecule has 0 fully saturated rings. The molecule has 0 radical (unpaired) electrons. The van der Waals surface area contributed by atoms with Crippen molar-refractivity contribution in [3.8, 4) is 0 Å². The van der Waals surface area contributed by atoms with Crippen LogP contribution in [0.4, 0.5) is 0 Å². The number of aliphatic carboxylic acids is 1. The molecule has 0 saturated carbocycles. The summed E-state index contributed by atoms with van der Waals surface area (Å²) in [5, 5.41) is 8.89. The van der Waals surface area contributed by atoms with E-state index in [2.05, 4.69) is 0 Å². The van der Waals surface area contributed by atoms with Crippen molar-refractivity contribution in [1.82, 2.24) is 0 Å². The third-order valence-electron chi connectivity index (χ3n) is 0. The van der Waals surface area contributed by atoms with Crippen LogP contribution in [0.1, 0.15) is 6.92 Å². The second-order valence-electron chi connectivity index (χ2n) is 0.900. The topological polar surface area (TPSA) is 120 Å². The Kier molecular flexibility index (Phi) is 77.2. The van der Waals surface area contributed by atoms with E-state index in [-0.39, 0.29) is 90.3 Å². The molecule has 0 N–H and O–H groups in total. The van der Waals surface area contributed by atoms with Gasteiger partial charge < -0.3 is 31.4 Å². The van der Waals surface area contributed by atoms with Gasteiger partial charge in [-0.3, -0.25) is 8.42 Å². The van der Waals surface area contributed by atoms with Gasteiger partial charge in [-0.2, -0.15) is 0 Å². The van der Waals surface area contributed by atoms with E-state index < -0.39 is 16.4 Å². The molecule has 0 amide bonds. The largest absolute Gasteiger partial charge is 2.00 e. The summed E-state index contributed by atoms with van der Waals surface area (Å²) in [7, 11) is -5.17. The van der Waals surface area contributed by atoms with Crippen molar-refractivity contribution < 1.29 is 118 Å². The number of carboxylic acids is 1. The zero-order chi connectivity index (χ0) is 8.08.